The van der Waals surface area contributed by atoms with E-state index in [1.165, 1.54) is 6.26 Å². The summed E-state index contributed by atoms with van der Waals surface area (Å²) in [5.74, 6) is 0.314. The molecular formula is C12H27NO2S. The van der Waals surface area contributed by atoms with Crippen LogP contribution in [0, 0.1) is 5.41 Å². The van der Waals surface area contributed by atoms with E-state index in [0.717, 1.165) is 25.8 Å². The highest BCUT2D eigenvalue weighted by Gasteiger charge is 2.18. The molecule has 0 aromatic heterocycles. The van der Waals surface area contributed by atoms with Gasteiger partial charge in [0.15, 0.2) is 0 Å². The SMILES string of the molecule is CC(C)NCCC(C)(C)CCCS(C)(=O)=O. The first-order chi connectivity index (χ1) is 7.12. The molecular weight excluding hydrogens is 222 g/mol. The van der Waals surface area contributed by atoms with Gasteiger partial charge in [-0.2, -0.15) is 0 Å². The van der Waals surface area contributed by atoms with Crippen molar-refractivity contribution in [3.63, 3.8) is 0 Å². The third kappa shape index (κ3) is 10.4. The van der Waals surface area contributed by atoms with Gasteiger partial charge < -0.3 is 5.32 Å². The molecule has 0 atom stereocenters. The molecule has 0 aromatic rings. The summed E-state index contributed by atoms with van der Waals surface area (Å²) in [6.45, 7) is 9.69. The zero-order valence-corrected chi connectivity index (χ0v) is 12.2. The van der Waals surface area contributed by atoms with Gasteiger partial charge in [-0.25, -0.2) is 8.42 Å². The second kappa shape index (κ2) is 6.60. The molecule has 0 saturated heterocycles. The lowest BCUT2D eigenvalue weighted by molar-refractivity contribution is 0.295. The van der Waals surface area contributed by atoms with Crippen LogP contribution < -0.4 is 5.32 Å². The normalized spacial score (nSPS) is 13.4. The lowest BCUT2D eigenvalue weighted by atomic mass is 9.84. The van der Waals surface area contributed by atoms with E-state index in [0.29, 0.717) is 11.8 Å². The summed E-state index contributed by atoms with van der Waals surface area (Å²) in [7, 11) is -2.80. The molecule has 0 aliphatic rings. The Labute approximate surface area is 101 Å². The molecule has 4 heteroatoms. The van der Waals surface area contributed by atoms with Gasteiger partial charge in [-0.3, -0.25) is 0 Å². The van der Waals surface area contributed by atoms with Crippen LogP contribution in [0.3, 0.4) is 0 Å². The van der Waals surface area contributed by atoms with Gasteiger partial charge in [-0.05, 0) is 31.2 Å². The highest BCUT2D eigenvalue weighted by Crippen LogP contribution is 2.26. The van der Waals surface area contributed by atoms with Crippen LogP contribution in [0.15, 0.2) is 0 Å². The second-order valence-corrected chi connectivity index (χ2v) is 8.02. The van der Waals surface area contributed by atoms with Crippen LogP contribution in [-0.2, 0) is 9.84 Å². The van der Waals surface area contributed by atoms with Crippen LogP contribution in [0.5, 0.6) is 0 Å². The molecule has 0 unspecified atom stereocenters. The standard InChI is InChI=1S/C12H27NO2S/c1-11(2)13-9-8-12(3,4)7-6-10-16(5,14)15/h11,13H,6-10H2,1-5H3. The molecule has 0 aliphatic heterocycles. The number of hydrogen-bond donors (Lipinski definition) is 1. The van der Waals surface area contributed by atoms with Gasteiger partial charge in [0.25, 0.3) is 0 Å². The third-order valence-electron chi connectivity index (χ3n) is 2.72. The van der Waals surface area contributed by atoms with E-state index >= 15 is 0 Å². The molecule has 98 valence electrons. The molecule has 0 saturated carbocycles. The molecule has 0 aromatic carbocycles. The van der Waals surface area contributed by atoms with E-state index < -0.39 is 9.84 Å². The first kappa shape index (κ1) is 15.9. The first-order valence-electron chi connectivity index (χ1n) is 6.03. The Morgan fingerprint density at radius 2 is 1.75 bits per heavy atom. The molecule has 1 N–H and O–H groups in total. The van der Waals surface area contributed by atoms with Crippen molar-refractivity contribution in [1.29, 1.82) is 0 Å². The van der Waals surface area contributed by atoms with Crippen molar-refractivity contribution in [1.82, 2.24) is 5.32 Å². The monoisotopic (exact) mass is 249 g/mol. The molecule has 0 radical (unpaired) electrons. The summed E-state index contributed by atoms with van der Waals surface area (Å²) < 4.78 is 22.0. The molecule has 0 aliphatic carbocycles. The summed E-state index contributed by atoms with van der Waals surface area (Å²) in [6, 6.07) is 0.520. The van der Waals surface area contributed by atoms with Crippen molar-refractivity contribution in [2.24, 2.45) is 5.41 Å². The molecule has 16 heavy (non-hydrogen) atoms. The number of rotatable bonds is 8. The molecule has 3 nitrogen and oxygen atoms in total. The van der Waals surface area contributed by atoms with E-state index in [1.54, 1.807) is 0 Å². The first-order valence-corrected chi connectivity index (χ1v) is 8.09. The maximum atomic E-state index is 11.0. The quantitative estimate of drug-likeness (QED) is 0.717. The second-order valence-electron chi connectivity index (χ2n) is 5.76. The highest BCUT2D eigenvalue weighted by molar-refractivity contribution is 7.90. The molecule has 0 amide bonds. The Morgan fingerprint density at radius 3 is 2.19 bits per heavy atom. The molecule has 0 bridgehead atoms. The fourth-order valence-corrected chi connectivity index (χ4v) is 2.31. The third-order valence-corrected chi connectivity index (χ3v) is 3.75. The minimum Gasteiger partial charge on any atom is -0.315 e. The van der Waals surface area contributed by atoms with Crippen molar-refractivity contribution in [2.45, 2.75) is 53.0 Å². The maximum Gasteiger partial charge on any atom is 0.147 e. The van der Waals surface area contributed by atoms with Gasteiger partial charge in [0.05, 0.1) is 0 Å². The van der Waals surface area contributed by atoms with Crippen LogP contribution in [0.4, 0.5) is 0 Å². The largest absolute Gasteiger partial charge is 0.315 e. The Hall–Kier alpha value is -0.0900. The zero-order valence-electron chi connectivity index (χ0n) is 11.3. The highest BCUT2D eigenvalue weighted by atomic mass is 32.2. The predicted molar refractivity (Wildman–Crippen MR) is 70.5 cm³/mol. The Balaban J connectivity index is 3.78. The van der Waals surface area contributed by atoms with E-state index in [9.17, 15) is 8.42 Å². The Kier molecular flexibility index (Phi) is 6.56. The van der Waals surface area contributed by atoms with Crippen LogP contribution in [0.25, 0.3) is 0 Å². The summed E-state index contributed by atoms with van der Waals surface area (Å²) >= 11 is 0. The fourth-order valence-electron chi connectivity index (χ4n) is 1.64. The molecule has 0 fully saturated rings. The van der Waals surface area contributed by atoms with Gasteiger partial charge in [-0.15, -0.1) is 0 Å². The van der Waals surface area contributed by atoms with Crippen molar-refractivity contribution in [3.05, 3.63) is 0 Å². The lowest BCUT2D eigenvalue weighted by Crippen LogP contribution is -2.28. The minimum atomic E-state index is -2.80. The maximum absolute atomic E-state index is 11.0. The van der Waals surface area contributed by atoms with Crippen molar-refractivity contribution in [3.8, 4) is 0 Å². The molecule has 0 spiro atoms. The summed E-state index contributed by atoms with van der Waals surface area (Å²) in [4.78, 5) is 0. The summed E-state index contributed by atoms with van der Waals surface area (Å²) in [5.41, 5.74) is 0.229. The van der Waals surface area contributed by atoms with Crippen LogP contribution in [0.2, 0.25) is 0 Å². The molecule has 0 rings (SSSR count). The van der Waals surface area contributed by atoms with E-state index in [-0.39, 0.29) is 5.41 Å². The van der Waals surface area contributed by atoms with Crippen LogP contribution >= 0.6 is 0 Å². The average Bonchev–Trinajstić information content (AvgIpc) is 1.99. The van der Waals surface area contributed by atoms with Crippen molar-refractivity contribution < 1.29 is 8.42 Å². The van der Waals surface area contributed by atoms with Gasteiger partial charge in [0.1, 0.15) is 9.84 Å². The number of hydrogen-bond acceptors (Lipinski definition) is 3. The van der Waals surface area contributed by atoms with Gasteiger partial charge in [-0.1, -0.05) is 27.7 Å². The topological polar surface area (TPSA) is 46.2 Å². The van der Waals surface area contributed by atoms with Crippen molar-refractivity contribution >= 4 is 9.84 Å². The van der Waals surface area contributed by atoms with Gasteiger partial charge in [0.2, 0.25) is 0 Å². The smallest absolute Gasteiger partial charge is 0.147 e. The number of sulfone groups is 1. The number of nitrogens with one attached hydrogen (secondary N) is 1. The average molecular weight is 249 g/mol. The lowest BCUT2D eigenvalue weighted by Gasteiger charge is -2.25. The van der Waals surface area contributed by atoms with Crippen LogP contribution in [0.1, 0.15) is 47.0 Å². The van der Waals surface area contributed by atoms with Gasteiger partial charge >= 0.3 is 0 Å². The Bertz CT molecular complexity index is 281. The van der Waals surface area contributed by atoms with Crippen LogP contribution in [-0.4, -0.2) is 33.0 Å². The zero-order chi connectivity index (χ0) is 12.8. The van der Waals surface area contributed by atoms with Gasteiger partial charge in [0, 0.05) is 18.1 Å². The Morgan fingerprint density at radius 1 is 1.19 bits per heavy atom. The predicted octanol–water partition coefficient (Wildman–Crippen LogP) is 2.23. The van der Waals surface area contributed by atoms with Crippen molar-refractivity contribution in [2.75, 3.05) is 18.6 Å². The summed E-state index contributed by atoms with van der Waals surface area (Å²) in [5, 5.41) is 3.39. The van der Waals surface area contributed by atoms with E-state index in [2.05, 4.69) is 33.0 Å². The summed E-state index contributed by atoms with van der Waals surface area (Å²) in [6.07, 6.45) is 4.14. The minimum absolute atomic E-state index is 0.229. The van der Waals surface area contributed by atoms with E-state index in [4.69, 9.17) is 0 Å². The van der Waals surface area contributed by atoms with E-state index in [1.807, 2.05) is 0 Å². The molecule has 0 heterocycles. The fraction of sp³-hybridized carbons (Fsp3) is 1.00.